The number of ether oxygens (including phenoxy) is 2. The van der Waals surface area contributed by atoms with Crippen molar-refractivity contribution in [2.75, 3.05) is 11.1 Å². The van der Waals surface area contributed by atoms with Crippen molar-refractivity contribution in [3.8, 4) is 0 Å². The van der Waals surface area contributed by atoms with Gasteiger partial charge in [-0.3, -0.25) is 14.9 Å². The summed E-state index contributed by atoms with van der Waals surface area (Å²) in [6.45, 7) is 21.8. The van der Waals surface area contributed by atoms with Gasteiger partial charge in [0.1, 0.15) is 37.1 Å². The molecule has 1 amide bonds. The van der Waals surface area contributed by atoms with Gasteiger partial charge in [-0.2, -0.15) is 0 Å². The number of Topliss-reactive ketones (excluding diaryl/α,β-unsaturated/α-hetero) is 2. The van der Waals surface area contributed by atoms with Crippen LogP contribution in [0.15, 0.2) is 97.1 Å². The minimum Gasteiger partial charge on any atom is -0.449 e. The van der Waals surface area contributed by atoms with Crippen molar-refractivity contribution in [2.24, 2.45) is 0 Å². The highest BCUT2D eigenvalue weighted by Crippen LogP contribution is 2.43. The number of ketones is 2. The molecule has 0 aliphatic heterocycles. The zero-order chi connectivity index (χ0) is 49.7. The van der Waals surface area contributed by atoms with E-state index < -0.39 is 46.2 Å². The highest BCUT2D eigenvalue weighted by molar-refractivity contribution is 6.74. The van der Waals surface area contributed by atoms with Crippen LogP contribution in [0.2, 0.25) is 36.3 Å². The van der Waals surface area contributed by atoms with E-state index in [1.54, 1.807) is 24.3 Å². The number of nitrogens with two attached hydrogens (primary N) is 1. The number of hydrogen-bond donors (Lipinski definition) is 2. The van der Waals surface area contributed by atoms with Crippen LogP contribution in [0, 0.1) is 11.6 Å². The smallest absolute Gasteiger partial charge is 0.411 e. The van der Waals surface area contributed by atoms with E-state index in [1.807, 2.05) is 60.7 Å². The lowest BCUT2D eigenvalue weighted by Gasteiger charge is -2.41. The lowest BCUT2D eigenvalue weighted by molar-refractivity contribution is -0.129. The molecule has 0 radical (unpaired) electrons. The van der Waals surface area contributed by atoms with Crippen LogP contribution in [0.5, 0.6) is 0 Å². The first-order chi connectivity index (χ1) is 31.3. The van der Waals surface area contributed by atoms with Crippen LogP contribution < -0.4 is 11.1 Å². The molecule has 2 saturated carbocycles. The van der Waals surface area contributed by atoms with Crippen molar-refractivity contribution in [3.63, 3.8) is 0 Å². The predicted octanol–water partition coefficient (Wildman–Crippen LogP) is 14.0. The quantitative estimate of drug-likeness (QED) is 0.0853. The molecule has 0 saturated heterocycles. The first kappa shape index (κ1) is 54.9. The Labute approximate surface area is 402 Å². The molecule has 364 valence electrons. The number of rotatable bonds is 11. The van der Waals surface area contributed by atoms with E-state index in [1.165, 1.54) is 12.1 Å². The van der Waals surface area contributed by atoms with Crippen LogP contribution in [0.4, 0.5) is 29.7 Å². The van der Waals surface area contributed by atoms with Crippen molar-refractivity contribution in [2.45, 2.75) is 154 Å². The van der Waals surface area contributed by atoms with Crippen LogP contribution in [0.3, 0.4) is 0 Å². The van der Waals surface area contributed by atoms with E-state index in [9.17, 15) is 28.0 Å². The Morgan fingerprint density at radius 2 is 1.07 bits per heavy atom. The maximum Gasteiger partial charge on any atom is 0.411 e. The summed E-state index contributed by atoms with van der Waals surface area (Å²) in [5.74, 6) is -0.505. The van der Waals surface area contributed by atoms with Gasteiger partial charge in [0.05, 0.1) is 0 Å². The topological polar surface area (TPSA) is 143 Å². The number of nitrogen functional groups attached to an aromatic ring is 1. The summed E-state index contributed by atoms with van der Waals surface area (Å²) in [4.78, 5) is 47.1. The van der Waals surface area contributed by atoms with Gasteiger partial charge in [0.25, 0.3) is 0 Å². The van der Waals surface area contributed by atoms with Gasteiger partial charge in [0, 0.05) is 35.8 Å². The molecule has 0 unspecified atom stereocenters. The monoisotopic (exact) mass is 978 g/mol. The molecule has 15 heteroatoms. The van der Waals surface area contributed by atoms with E-state index in [0.29, 0.717) is 61.0 Å². The van der Waals surface area contributed by atoms with Crippen LogP contribution in [-0.2, 0) is 41.1 Å². The lowest BCUT2D eigenvalue weighted by Crippen LogP contribution is -2.47. The van der Waals surface area contributed by atoms with Crippen molar-refractivity contribution in [1.82, 2.24) is 0 Å². The second-order valence-electron chi connectivity index (χ2n) is 20.3. The first-order valence-corrected chi connectivity index (χ1v) is 29.0. The Balaban J connectivity index is 0.000000248. The largest absolute Gasteiger partial charge is 0.449 e. The molecule has 10 nitrogen and oxygen atoms in total. The Morgan fingerprint density at radius 3 is 1.48 bits per heavy atom. The lowest BCUT2D eigenvalue weighted by atomic mass is 9.81. The molecule has 2 fully saturated rings. The fraction of sp³-hybridized carbons (Fsp3) is 0.462. The fourth-order valence-electron chi connectivity index (χ4n) is 7.23. The Hall–Kier alpha value is -4.74. The van der Waals surface area contributed by atoms with Gasteiger partial charge in [-0.25, -0.2) is 18.4 Å². The second kappa shape index (κ2) is 24.0. The number of hydrogen-bond acceptors (Lipinski definition) is 9. The van der Waals surface area contributed by atoms with Gasteiger partial charge in [0.2, 0.25) is 0 Å². The summed E-state index contributed by atoms with van der Waals surface area (Å²) in [6.07, 6.45) is 1.61. The highest BCUT2D eigenvalue weighted by Gasteiger charge is 2.44. The number of carbonyl (C=O) groups is 4. The van der Waals surface area contributed by atoms with Gasteiger partial charge >= 0.3 is 11.5 Å². The van der Waals surface area contributed by atoms with Gasteiger partial charge in [0.15, 0.2) is 28.2 Å². The van der Waals surface area contributed by atoms with E-state index in [-0.39, 0.29) is 52.5 Å². The zero-order valence-electron chi connectivity index (χ0n) is 40.7. The zero-order valence-corrected chi connectivity index (χ0v) is 43.4. The highest BCUT2D eigenvalue weighted by atomic mass is 35.5. The molecule has 2 aliphatic carbocycles. The van der Waals surface area contributed by atoms with Crippen molar-refractivity contribution >= 4 is 62.7 Å². The molecule has 4 aromatic carbocycles. The van der Waals surface area contributed by atoms with Gasteiger partial charge < -0.3 is 24.1 Å². The average molecular weight is 980 g/mol. The summed E-state index contributed by atoms with van der Waals surface area (Å²) >= 11 is 4.97. The van der Waals surface area contributed by atoms with E-state index in [4.69, 9.17) is 30.9 Å². The molecular weight excluding hydrogens is 910 g/mol. The second-order valence-corrected chi connectivity index (χ2v) is 30.1. The predicted molar refractivity (Wildman–Crippen MR) is 267 cm³/mol. The summed E-state index contributed by atoms with van der Waals surface area (Å²) in [5, 5.41) is 2.61. The molecule has 4 aromatic rings. The summed E-state index contributed by atoms with van der Waals surface area (Å²) in [6, 6.07) is 28.2. The number of anilines is 2. The molecular formula is C52H69ClF2N2O8Si2. The summed E-state index contributed by atoms with van der Waals surface area (Å²) in [5.41, 5.74) is 8.61. The Kier molecular flexibility index (Phi) is 19.7. The first-order valence-electron chi connectivity index (χ1n) is 22.9. The fourth-order valence-corrected chi connectivity index (χ4v) is 9.87. The molecule has 4 atom stereocenters. The normalized spacial score (nSPS) is 18.9. The molecule has 0 heterocycles. The summed E-state index contributed by atoms with van der Waals surface area (Å²) in [7, 11) is -4.14. The Morgan fingerprint density at radius 1 is 0.657 bits per heavy atom. The SMILES string of the molecule is CC(C)(C)[Si](C)(C)O[C@H]1C[C@H](c2ccc(N)cc2F)CCC1=O.CC(C)(C)[Si](C)(C)O[C@H]1C[C@H](c2ccc(NC(=O)OCc3ccccc3)cc2F)CCC1=O.O=C(Cl)OCc1ccccc1. The van der Waals surface area contributed by atoms with Gasteiger partial charge in [-0.15, -0.1) is 0 Å². The molecule has 0 spiro atoms. The number of carbonyl (C=O) groups excluding carboxylic acids is 4. The number of amides is 1. The minimum atomic E-state index is -2.11. The maximum absolute atomic E-state index is 15.0. The third-order valence-electron chi connectivity index (χ3n) is 13.2. The van der Waals surface area contributed by atoms with Crippen LogP contribution >= 0.6 is 11.6 Å². The minimum absolute atomic E-state index is 0.00604. The maximum atomic E-state index is 15.0. The van der Waals surface area contributed by atoms with E-state index in [0.717, 1.165) is 11.1 Å². The van der Waals surface area contributed by atoms with Crippen LogP contribution in [-0.4, -0.2) is 51.9 Å². The molecule has 6 rings (SSSR count). The number of halogens is 3. The van der Waals surface area contributed by atoms with Crippen molar-refractivity contribution < 1.29 is 46.3 Å². The molecule has 2 aliphatic rings. The Bertz CT molecular complexity index is 2290. The summed E-state index contributed by atoms with van der Waals surface area (Å²) < 4.78 is 51.6. The molecule has 3 N–H and O–H groups in total. The van der Waals surface area contributed by atoms with Gasteiger partial charge in [-0.1, -0.05) is 114 Å². The molecule has 0 aromatic heterocycles. The van der Waals surface area contributed by atoms with Gasteiger partial charge in [-0.05, 0) is 120 Å². The van der Waals surface area contributed by atoms with E-state index in [2.05, 4.69) is 77.8 Å². The van der Waals surface area contributed by atoms with Crippen LogP contribution in [0.1, 0.15) is 114 Å². The van der Waals surface area contributed by atoms with Crippen LogP contribution in [0.25, 0.3) is 0 Å². The standard InChI is InChI=1S/C26H34FNO4Si.C18H28FNO2Si.C8H7ClO2/c1-26(2,3)33(4,5)32-24-15-19(11-14-23(24)29)21-13-12-20(16-22(21)27)28-25(30)31-17-18-9-7-6-8-10-18;1-18(2,3)23(4,5)22-17-10-12(6-9-16(17)21)14-8-7-13(20)11-15(14)19;9-8(10)11-6-7-4-2-1-3-5-7/h6-10,12-13,16,19,24H,11,14-15,17H2,1-5H3,(H,28,30);7-8,11-12,17H,6,9-10,20H2,1-5H3;1-5H,6H2/t19-,24+;12-,17+;/m11./s1. The van der Waals surface area contributed by atoms with Crippen molar-refractivity contribution in [3.05, 3.63) is 131 Å². The molecule has 67 heavy (non-hydrogen) atoms. The number of benzene rings is 4. The molecule has 0 bridgehead atoms. The number of nitrogens with one attached hydrogen (secondary N) is 1. The third-order valence-corrected chi connectivity index (χ3v) is 22.3. The van der Waals surface area contributed by atoms with E-state index >= 15 is 0 Å². The third kappa shape index (κ3) is 16.8. The average Bonchev–Trinajstić information content (AvgIpc) is 3.24. The van der Waals surface area contributed by atoms with Crippen molar-refractivity contribution in [1.29, 1.82) is 0 Å².